The van der Waals surface area contributed by atoms with Crippen molar-refractivity contribution in [3.05, 3.63) is 0 Å². The van der Waals surface area contributed by atoms with Crippen LogP contribution in [-0.4, -0.2) is 46.2 Å². The van der Waals surface area contributed by atoms with Crippen molar-refractivity contribution >= 4 is 8.56 Å². The first-order valence-electron chi connectivity index (χ1n) is 5.25. The van der Waals surface area contributed by atoms with Crippen molar-refractivity contribution in [3.8, 4) is 0 Å². The first-order chi connectivity index (χ1) is 8.33. The minimum atomic E-state index is -5.69. The fourth-order valence-electron chi connectivity index (χ4n) is 1.83. The van der Waals surface area contributed by atoms with Crippen LogP contribution in [0.15, 0.2) is 0 Å². The van der Waals surface area contributed by atoms with Crippen molar-refractivity contribution in [3.63, 3.8) is 0 Å². The normalized spacial score (nSPS) is 26.8. The molecule has 0 atom stereocenters. The SMILES string of the molecule is CO[Si](C)(CCC1(F)C(F)(F)C(F)(F)C1(F)F)OC. The van der Waals surface area contributed by atoms with Gasteiger partial charge in [0, 0.05) is 14.2 Å². The van der Waals surface area contributed by atoms with Gasteiger partial charge in [0.05, 0.1) is 0 Å². The van der Waals surface area contributed by atoms with Crippen molar-refractivity contribution in [1.82, 2.24) is 0 Å². The number of hydrogen-bond acceptors (Lipinski definition) is 2. The molecule has 0 aliphatic heterocycles. The maximum Gasteiger partial charge on any atom is 0.379 e. The Morgan fingerprint density at radius 2 is 1.16 bits per heavy atom. The number of alkyl halides is 7. The molecule has 1 aliphatic rings. The quantitative estimate of drug-likeness (QED) is 0.572. The summed E-state index contributed by atoms with van der Waals surface area (Å²) in [4.78, 5) is 0. The predicted molar refractivity (Wildman–Crippen MR) is 53.7 cm³/mol. The summed E-state index contributed by atoms with van der Waals surface area (Å²) in [5, 5.41) is 0. The molecule has 0 saturated heterocycles. The lowest BCUT2D eigenvalue weighted by molar-refractivity contribution is -0.473. The molecule has 1 saturated carbocycles. The van der Waals surface area contributed by atoms with Crippen LogP contribution in [0.4, 0.5) is 30.7 Å². The summed E-state index contributed by atoms with van der Waals surface area (Å²) in [7, 11) is -0.822. The lowest BCUT2D eigenvalue weighted by atomic mass is 9.68. The summed E-state index contributed by atoms with van der Waals surface area (Å²) in [6, 6.07) is -0.599. The molecule has 0 bridgehead atoms. The second-order valence-electron chi connectivity index (χ2n) is 4.57. The largest absolute Gasteiger partial charge is 0.398 e. The van der Waals surface area contributed by atoms with E-state index in [4.69, 9.17) is 8.85 Å². The van der Waals surface area contributed by atoms with Gasteiger partial charge in [-0.3, -0.25) is 0 Å². The Kier molecular flexibility index (Phi) is 3.80. The smallest absolute Gasteiger partial charge is 0.379 e. The minimum absolute atomic E-state index is 0.599. The molecule has 114 valence electrons. The topological polar surface area (TPSA) is 18.5 Å². The van der Waals surface area contributed by atoms with Crippen LogP contribution in [0.2, 0.25) is 12.6 Å². The molecule has 0 aromatic carbocycles. The van der Waals surface area contributed by atoms with E-state index in [-0.39, 0.29) is 0 Å². The van der Waals surface area contributed by atoms with Crippen LogP contribution in [-0.2, 0) is 8.85 Å². The Balaban J connectivity index is 2.94. The molecule has 2 nitrogen and oxygen atoms in total. The highest BCUT2D eigenvalue weighted by atomic mass is 28.4. The van der Waals surface area contributed by atoms with E-state index in [0.29, 0.717) is 0 Å². The van der Waals surface area contributed by atoms with Crippen LogP contribution in [0, 0.1) is 0 Å². The molecule has 19 heavy (non-hydrogen) atoms. The Bertz CT molecular complexity index is 338. The summed E-state index contributed by atoms with van der Waals surface area (Å²) in [6.07, 6.45) is -1.47. The van der Waals surface area contributed by atoms with Gasteiger partial charge in [0.1, 0.15) is 0 Å². The summed E-state index contributed by atoms with van der Waals surface area (Å²) in [5.74, 6) is -16.5. The molecule has 0 unspecified atom stereocenters. The van der Waals surface area contributed by atoms with E-state index < -0.39 is 44.5 Å². The number of halogens is 7. The van der Waals surface area contributed by atoms with Gasteiger partial charge in [0.15, 0.2) is 0 Å². The summed E-state index contributed by atoms with van der Waals surface area (Å²) in [6.45, 7) is 1.32. The first kappa shape index (κ1) is 16.7. The number of rotatable bonds is 5. The van der Waals surface area contributed by atoms with E-state index >= 15 is 0 Å². The zero-order valence-corrected chi connectivity index (χ0v) is 11.4. The second kappa shape index (κ2) is 4.32. The van der Waals surface area contributed by atoms with E-state index in [1.807, 2.05) is 0 Å². The van der Waals surface area contributed by atoms with Gasteiger partial charge in [0.25, 0.3) is 0 Å². The first-order valence-corrected chi connectivity index (χ1v) is 7.78. The number of hydrogen-bond donors (Lipinski definition) is 0. The molecule has 0 aromatic rings. The van der Waals surface area contributed by atoms with E-state index in [1.165, 1.54) is 6.55 Å². The Hall–Kier alpha value is -0.353. The van der Waals surface area contributed by atoms with Crippen LogP contribution in [0.5, 0.6) is 0 Å². The highest BCUT2D eigenvalue weighted by molar-refractivity contribution is 6.65. The lowest BCUT2D eigenvalue weighted by Crippen LogP contribution is -2.84. The van der Waals surface area contributed by atoms with Gasteiger partial charge >= 0.3 is 26.3 Å². The highest BCUT2D eigenvalue weighted by Gasteiger charge is 2.99. The second-order valence-corrected chi connectivity index (χ2v) is 8.15. The van der Waals surface area contributed by atoms with Crippen LogP contribution in [0.1, 0.15) is 6.42 Å². The molecule has 0 heterocycles. The maximum absolute atomic E-state index is 13.7. The molecular weight excluding hydrogens is 301 g/mol. The van der Waals surface area contributed by atoms with Crippen LogP contribution in [0.25, 0.3) is 0 Å². The van der Waals surface area contributed by atoms with Gasteiger partial charge in [0.2, 0.25) is 5.67 Å². The van der Waals surface area contributed by atoms with Crippen molar-refractivity contribution < 1.29 is 39.6 Å². The fraction of sp³-hybridized carbons (Fsp3) is 1.00. The Morgan fingerprint density at radius 3 is 1.47 bits per heavy atom. The van der Waals surface area contributed by atoms with E-state index in [2.05, 4.69) is 0 Å². The van der Waals surface area contributed by atoms with Crippen molar-refractivity contribution in [2.24, 2.45) is 0 Å². The average molecular weight is 314 g/mol. The summed E-state index contributed by atoms with van der Waals surface area (Å²) < 4.78 is 100. The van der Waals surface area contributed by atoms with Gasteiger partial charge in [-0.05, 0) is 19.0 Å². The van der Waals surface area contributed by atoms with Gasteiger partial charge in [-0.1, -0.05) is 0 Å². The van der Waals surface area contributed by atoms with Crippen LogP contribution in [0.3, 0.4) is 0 Å². The molecule has 0 amide bonds. The fourth-order valence-corrected chi connectivity index (χ4v) is 3.20. The highest BCUT2D eigenvalue weighted by Crippen LogP contribution is 2.70. The molecule has 1 fully saturated rings. The summed E-state index contributed by atoms with van der Waals surface area (Å²) in [5.41, 5.74) is -4.59. The van der Waals surface area contributed by atoms with Gasteiger partial charge in [-0.2, -0.15) is 26.3 Å². The predicted octanol–water partition coefficient (Wildman–Crippen LogP) is 3.37. The molecular formula is C9H13F7O2Si. The molecule has 1 rings (SSSR count). The third-order valence-electron chi connectivity index (χ3n) is 3.57. The Labute approximate surface area is 106 Å². The molecule has 10 heteroatoms. The molecule has 0 radical (unpaired) electrons. The third kappa shape index (κ3) is 1.83. The molecule has 0 N–H and O–H groups in total. The van der Waals surface area contributed by atoms with Crippen LogP contribution >= 0.6 is 0 Å². The lowest BCUT2D eigenvalue weighted by Gasteiger charge is -2.54. The zero-order valence-electron chi connectivity index (χ0n) is 10.4. The van der Waals surface area contributed by atoms with Gasteiger partial charge in [-0.25, -0.2) is 4.39 Å². The minimum Gasteiger partial charge on any atom is -0.398 e. The van der Waals surface area contributed by atoms with E-state index in [1.54, 1.807) is 0 Å². The zero-order chi connectivity index (χ0) is 15.3. The third-order valence-corrected chi connectivity index (χ3v) is 6.46. The molecule has 1 aliphatic carbocycles. The standard InChI is InChI=1S/C9H13F7O2Si/c1-17-19(3,18-2)5-4-6(10)7(11,12)9(15,16)8(6,13)14/h4-5H2,1-3H3. The summed E-state index contributed by atoms with van der Waals surface area (Å²) >= 11 is 0. The monoisotopic (exact) mass is 314 g/mol. The van der Waals surface area contributed by atoms with Gasteiger partial charge < -0.3 is 8.85 Å². The van der Waals surface area contributed by atoms with Crippen molar-refractivity contribution in [2.75, 3.05) is 14.2 Å². The maximum atomic E-state index is 13.7. The average Bonchev–Trinajstić information content (AvgIpc) is 2.33. The molecule has 0 spiro atoms. The van der Waals surface area contributed by atoms with Gasteiger partial charge in [-0.15, -0.1) is 0 Å². The van der Waals surface area contributed by atoms with E-state index in [0.717, 1.165) is 14.2 Å². The van der Waals surface area contributed by atoms with E-state index in [9.17, 15) is 30.7 Å². The van der Waals surface area contributed by atoms with Crippen molar-refractivity contribution in [1.29, 1.82) is 0 Å². The Morgan fingerprint density at radius 1 is 0.789 bits per heavy atom. The van der Waals surface area contributed by atoms with Crippen LogP contribution < -0.4 is 0 Å². The molecule has 0 aromatic heterocycles. The van der Waals surface area contributed by atoms with Crippen molar-refractivity contribution in [2.45, 2.75) is 42.4 Å².